The summed E-state index contributed by atoms with van der Waals surface area (Å²) in [5, 5.41) is 5.04. The molecule has 2 aliphatic heterocycles. The summed E-state index contributed by atoms with van der Waals surface area (Å²) < 4.78 is 0. The quantitative estimate of drug-likeness (QED) is 0.159. The number of rotatable bonds is 5. The fourth-order valence-electron chi connectivity index (χ4n) is 14.6. The van der Waals surface area contributed by atoms with Crippen LogP contribution in [0.2, 0.25) is 0 Å². The zero-order chi connectivity index (χ0) is 49.0. The van der Waals surface area contributed by atoms with Gasteiger partial charge in [0.15, 0.2) is 0 Å². The second kappa shape index (κ2) is 15.1. The Morgan fingerprint density at radius 2 is 0.958 bits per heavy atom. The highest BCUT2D eigenvalue weighted by molar-refractivity contribution is 6.19. The van der Waals surface area contributed by atoms with Crippen LogP contribution < -0.4 is 14.7 Å². The molecule has 0 fully saturated rings. The van der Waals surface area contributed by atoms with E-state index in [1.165, 1.54) is 117 Å². The average molecular weight is 930 g/mol. The minimum Gasteiger partial charge on any atom is -0.328 e. The highest BCUT2D eigenvalue weighted by Crippen LogP contribution is 2.72. The van der Waals surface area contributed by atoms with E-state index >= 15 is 0 Å². The molecule has 0 saturated heterocycles. The third kappa shape index (κ3) is 5.57. The maximum absolute atomic E-state index is 2.74. The molecule has 4 bridgehead atoms. The third-order valence-electron chi connectivity index (χ3n) is 17.5. The van der Waals surface area contributed by atoms with Gasteiger partial charge in [0.1, 0.15) is 0 Å². The molecule has 0 amide bonds. The standard InChI is InChI=1S/C69H59N3/c1-42-26-32-48(33-27-42)70(49-34-28-43(2)29-35-49)59-40-56-61(53-22-14-12-20-51(53)59)62-54-23-15-13-21-52(54)60-41-57(62)69(56)55-24-16-17-25-58(55)71(47-18-10-9-11-19-47)66-46(5)63-64(45(4)65(66)69)68(8,39-38-67(63,6)7)72(60)50-36-30-44(3)31-37-50/h9-41,45-46H,1-8H3. The number of hydrogen-bond donors (Lipinski definition) is 0. The zero-order valence-corrected chi connectivity index (χ0v) is 42.5. The zero-order valence-electron chi connectivity index (χ0n) is 42.5. The first kappa shape index (κ1) is 43.0. The lowest BCUT2D eigenvalue weighted by atomic mass is 9.52. The van der Waals surface area contributed by atoms with E-state index in [9.17, 15) is 0 Å². The molecule has 4 atom stereocenters. The Hall–Kier alpha value is -7.88. The van der Waals surface area contributed by atoms with E-state index in [2.05, 4.69) is 270 Å². The van der Waals surface area contributed by atoms with Gasteiger partial charge in [0, 0.05) is 56.5 Å². The van der Waals surface area contributed by atoms with Crippen LogP contribution in [0.1, 0.15) is 68.0 Å². The van der Waals surface area contributed by atoms with Crippen molar-refractivity contribution < 1.29 is 0 Å². The van der Waals surface area contributed by atoms with Crippen LogP contribution in [0.25, 0.3) is 32.7 Å². The van der Waals surface area contributed by atoms with Gasteiger partial charge in [-0.25, -0.2) is 0 Å². The van der Waals surface area contributed by atoms with Crippen molar-refractivity contribution >= 4 is 61.4 Å². The van der Waals surface area contributed by atoms with Crippen molar-refractivity contribution in [3.8, 4) is 11.1 Å². The predicted molar refractivity (Wildman–Crippen MR) is 303 cm³/mol. The van der Waals surface area contributed by atoms with Gasteiger partial charge in [0.25, 0.3) is 0 Å². The second-order valence-corrected chi connectivity index (χ2v) is 22.1. The van der Waals surface area contributed by atoms with Crippen molar-refractivity contribution in [1.29, 1.82) is 0 Å². The molecule has 9 aromatic carbocycles. The molecule has 3 heteroatoms. The summed E-state index contributed by atoms with van der Waals surface area (Å²) in [5.74, 6) is 0.0788. The van der Waals surface area contributed by atoms with Crippen molar-refractivity contribution in [2.45, 2.75) is 66.3 Å². The van der Waals surface area contributed by atoms with E-state index in [-0.39, 0.29) is 17.3 Å². The molecule has 72 heavy (non-hydrogen) atoms. The number of benzene rings is 9. The van der Waals surface area contributed by atoms with E-state index in [0.29, 0.717) is 0 Å². The van der Waals surface area contributed by atoms with E-state index in [4.69, 9.17) is 0 Å². The van der Waals surface area contributed by atoms with Crippen molar-refractivity contribution in [3.63, 3.8) is 0 Å². The minimum atomic E-state index is -0.701. The number of allylic oxidation sites excluding steroid dienone is 3. The Labute approximate surface area is 424 Å². The molecule has 9 aromatic rings. The molecule has 3 nitrogen and oxygen atoms in total. The maximum Gasteiger partial charge on any atom is 0.0827 e. The number of hydrogen-bond acceptors (Lipinski definition) is 3. The third-order valence-corrected chi connectivity index (χ3v) is 17.5. The topological polar surface area (TPSA) is 9.72 Å². The van der Waals surface area contributed by atoms with E-state index in [1.54, 1.807) is 0 Å². The number of para-hydroxylation sites is 2. The van der Waals surface area contributed by atoms with Crippen molar-refractivity contribution in [2.75, 3.05) is 14.7 Å². The van der Waals surface area contributed by atoms with E-state index in [1.807, 2.05) is 0 Å². The summed E-state index contributed by atoms with van der Waals surface area (Å²) in [6.45, 7) is 19.1. The van der Waals surface area contributed by atoms with Crippen LogP contribution in [0.3, 0.4) is 0 Å². The highest BCUT2D eigenvalue weighted by Gasteiger charge is 2.62. The number of fused-ring (bicyclic) bond motifs is 9. The summed E-state index contributed by atoms with van der Waals surface area (Å²) in [5.41, 5.74) is 23.3. The van der Waals surface area contributed by atoms with Crippen LogP contribution in [0, 0.1) is 38.0 Å². The molecule has 0 saturated carbocycles. The molecule has 0 aromatic heterocycles. The van der Waals surface area contributed by atoms with Crippen molar-refractivity contribution in [3.05, 3.63) is 256 Å². The van der Waals surface area contributed by atoms with Crippen LogP contribution in [-0.4, -0.2) is 5.54 Å². The van der Waals surface area contributed by atoms with Gasteiger partial charge >= 0.3 is 0 Å². The number of anilines is 7. The van der Waals surface area contributed by atoms with Crippen LogP contribution in [0.4, 0.5) is 39.8 Å². The fraction of sp³-hybridized carbons (Fsp3) is 0.188. The Morgan fingerprint density at radius 3 is 1.60 bits per heavy atom. The Morgan fingerprint density at radius 1 is 0.431 bits per heavy atom. The molecule has 1 spiro atoms. The molecule has 5 aliphatic rings. The fourth-order valence-corrected chi connectivity index (χ4v) is 14.6. The van der Waals surface area contributed by atoms with Crippen LogP contribution in [0.15, 0.2) is 223 Å². The lowest BCUT2D eigenvalue weighted by molar-refractivity contribution is 0.405. The van der Waals surface area contributed by atoms with Gasteiger partial charge in [-0.05, 0) is 150 Å². The molecule has 4 unspecified atom stereocenters. The summed E-state index contributed by atoms with van der Waals surface area (Å²) >= 11 is 0. The summed E-state index contributed by atoms with van der Waals surface area (Å²) in [7, 11) is 0. The first-order chi connectivity index (χ1) is 34.9. The van der Waals surface area contributed by atoms with Gasteiger partial charge in [-0.2, -0.15) is 0 Å². The van der Waals surface area contributed by atoms with Gasteiger partial charge in [0.2, 0.25) is 0 Å². The normalized spacial score (nSPS) is 21.9. The van der Waals surface area contributed by atoms with Gasteiger partial charge in [0.05, 0.1) is 28.0 Å². The lowest BCUT2D eigenvalue weighted by Gasteiger charge is -2.57. The lowest BCUT2D eigenvalue weighted by Crippen LogP contribution is -2.53. The van der Waals surface area contributed by atoms with Gasteiger partial charge in [-0.1, -0.05) is 178 Å². The molecule has 3 aliphatic carbocycles. The first-order valence-corrected chi connectivity index (χ1v) is 26.0. The molecular weight excluding hydrogens is 871 g/mol. The molecule has 14 rings (SSSR count). The Kier molecular flexibility index (Phi) is 8.99. The summed E-state index contributed by atoms with van der Waals surface area (Å²) in [6.07, 6.45) is 5.12. The largest absolute Gasteiger partial charge is 0.328 e. The van der Waals surface area contributed by atoms with Gasteiger partial charge in [-0.3, -0.25) is 0 Å². The Balaban J connectivity index is 1.23. The molecular formula is C69H59N3. The Bertz CT molecular complexity index is 3810. The summed E-state index contributed by atoms with van der Waals surface area (Å²) in [6, 6.07) is 72.2. The predicted octanol–water partition coefficient (Wildman–Crippen LogP) is 18.2. The smallest absolute Gasteiger partial charge is 0.0827 e. The van der Waals surface area contributed by atoms with Crippen LogP contribution in [-0.2, 0) is 5.41 Å². The number of aryl methyl sites for hydroxylation is 3. The average Bonchev–Trinajstić information content (AvgIpc) is 3.71. The van der Waals surface area contributed by atoms with Gasteiger partial charge < -0.3 is 14.7 Å². The van der Waals surface area contributed by atoms with Crippen LogP contribution >= 0.6 is 0 Å². The summed E-state index contributed by atoms with van der Waals surface area (Å²) in [4.78, 5) is 7.94. The van der Waals surface area contributed by atoms with Crippen molar-refractivity contribution in [2.24, 2.45) is 17.3 Å². The van der Waals surface area contributed by atoms with Crippen molar-refractivity contribution in [1.82, 2.24) is 0 Å². The van der Waals surface area contributed by atoms with E-state index < -0.39 is 11.0 Å². The molecule has 0 radical (unpaired) electrons. The molecule has 2 heterocycles. The minimum absolute atomic E-state index is 0.0179. The first-order valence-electron chi connectivity index (χ1n) is 26.0. The second-order valence-electron chi connectivity index (χ2n) is 22.1. The van der Waals surface area contributed by atoms with Gasteiger partial charge in [-0.15, -0.1) is 0 Å². The number of nitrogens with zero attached hydrogens (tertiary/aromatic N) is 3. The highest BCUT2D eigenvalue weighted by atomic mass is 15.2. The van der Waals surface area contributed by atoms with Crippen LogP contribution in [0.5, 0.6) is 0 Å². The molecule has 0 N–H and O–H groups in total. The monoisotopic (exact) mass is 929 g/mol. The molecule has 350 valence electrons. The maximum atomic E-state index is 2.74. The SMILES string of the molecule is Cc1ccc(N(c2ccc(C)cc2)c2cc3c(c4ccccc24)-c2c4cc(c5ccccc25)N(c2ccc(C)cc2)C2(C)C=CC(C)(C)C5=C2C(C)C2=C(C5C)N(c5ccccc5)c5ccccc5C234)cc1. The van der Waals surface area contributed by atoms with E-state index in [0.717, 1.165) is 11.4 Å².